The molecule has 2 aromatic carbocycles. The van der Waals surface area contributed by atoms with Crippen molar-refractivity contribution in [2.45, 2.75) is 12.3 Å². The van der Waals surface area contributed by atoms with Gasteiger partial charge in [-0.3, -0.25) is 0 Å². The highest BCUT2D eigenvalue weighted by molar-refractivity contribution is 6.31. The summed E-state index contributed by atoms with van der Waals surface area (Å²) in [6, 6.07) is 13.5. The summed E-state index contributed by atoms with van der Waals surface area (Å²) in [5, 5.41) is 17.5. The van der Waals surface area contributed by atoms with Crippen molar-refractivity contribution in [3.63, 3.8) is 0 Å². The van der Waals surface area contributed by atoms with E-state index < -0.39 is 22.9 Å². The Morgan fingerprint density at radius 3 is 2.36 bits per heavy atom. The van der Waals surface area contributed by atoms with E-state index in [1.54, 1.807) is 30.3 Å². The quantitative estimate of drug-likeness (QED) is 0.328. The van der Waals surface area contributed by atoms with Crippen LogP contribution in [0.4, 0.5) is 19.0 Å². The summed E-state index contributed by atoms with van der Waals surface area (Å²) in [5.74, 6) is 0.601. The van der Waals surface area contributed by atoms with Crippen LogP contribution in [0.25, 0.3) is 22.5 Å². The summed E-state index contributed by atoms with van der Waals surface area (Å²) < 4.78 is 44.0. The van der Waals surface area contributed by atoms with Gasteiger partial charge in [-0.05, 0) is 24.3 Å². The van der Waals surface area contributed by atoms with Crippen molar-refractivity contribution in [2.75, 3.05) is 11.9 Å². The first-order chi connectivity index (χ1) is 15.7. The van der Waals surface area contributed by atoms with Crippen molar-refractivity contribution in [2.24, 2.45) is 0 Å². The summed E-state index contributed by atoms with van der Waals surface area (Å²) in [6.45, 7) is 0.0411. The lowest BCUT2D eigenvalue weighted by atomic mass is 10.1. The minimum atomic E-state index is -4.54. The second-order valence-corrected chi connectivity index (χ2v) is 7.84. The molecule has 6 nitrogen and oxygen atoms in total. The Morgan fingerprint density at radius 1 is 0.939 bits per heavy atom. The molecule has 0 saturated carbocycles. The molecule has 4 aromatic rings. The van der Waals surface area contributed by atoms with Gasteiger partial charge in [-0.15, -0.1) is 0 Å². The zero-order chi connectivity index (χ0) is 23.6. The second-order valence-electron chi connectivity index (χ2n) is 7.00. The summed E-state index contributed by atoms with van der Waals surface area (Å²) >= 11 is 11.7. The second kappa shape index (κ2) is 9.38. The van der Waals surface area contributed by atoms with Crippen LogP contribution in [-0.2, 0) is 6.18 Å². The molecule has 0 amide bonds. The molecule has 2 heterocycles. The lowest BCUT2D eigenvalue weighted by Crippen LogP contribution is -2.12. The highest BCUT2D eigenvalue weighted by atomic mass is 35.5. The van der Waals surface area contributed by atoms with Gasteiger partial charge in [-0.2, -0.15) is 13.2 Å². The molecule has 1 unspecified atom stereocenters. The average Bonchev–Trinajstić information content (AvgIpc) is 3.28. The van der Waals surface area contributed by atoms with Crippen LogP contribution in [0.5, 0.6) is 0 Å². The fourth-order valence-corrected chi connectivity index (χ4v) is 3.43. The molecule has 0 aliphatic rings. The van der Waals surface area contributed by atoms with Gasteiger partial charge >= 0.3 is 6.18 Å². The van der Waals surface area contributed by atoms with Gasteiger partial charge in [0.15, 0.2) is 5.76 Å². The van der Waals surface area contributed by atoms with E-state index >= 15 is 0 Å². The van der Waals surface area contributed by atoms with Crippen LogP contribution in [0.1, 0.15) is 17.4 Å². The van der Waals surface area contributed by atoms with Crippen molar-refractivity contribution < 1.29 is 22.8 Å². The molecule has 4 rings (SSSR count). The van der Waals surface area contributed by atoms with Crippen LogP contribution in [0, 0.1) is 0 Å². The third-order valence-corrected chi connectivity index (χ3v) is 5.28. The Hall–Kier alpha value is -3.14. The molecule has 0 aliphatic carbocycles. The molecule has 0 saturated heterocycles. The van der Waals surface area contributed by atoms with E-state index in [2.05, 4.69) is 20.4 Å². The Bertz CT molecular complexity index is 1260. The number of aliphatic hydroxyl groups excluding tert-OH is 1. The molecule has 11 heteroatoms. The maximum Gasteiger partial charge on any atom is 0.417 e. The van der Waals surface area contributed by atoms with Gasteiger partial charge in [0, 0.05) is 34.8 Å². The normalized spacial score (nSPS) is 12.5. The molecule has 0 aliphatic heterocycles. The number of rotatable bonds is 6. The molecule has 2 N–H and O–H groups in total. The lowest BCUT2D eigenvalue weighted by Gasteiger charge is -2.12. The van der Waals surface area contributed by atoms with Crippen LogP contribution in [0.15, 0.2) is 65.4 Å². The number of anilines is 1. The van der Waals surface area contributed by atoms with Crippen LogP contribution >= 0.6 is 23.2 Å². The third kappa shape index (κ3) is 5.44. The SMILES string of the molecule is OC(CNc1cc(-c2ccc(C(F)(F)F)c(Cl)c2)ncn1)c1cc(-c2ccc(Cl)cc2)no1. The minimum Gasteiger partial charge on any atom is -0.383 e. The van der Waals surface area contributed by atoms with Gasteiger partial charge < -0.3 is 14.9 Å². The minimum absolute atomic E-state index is 0.0411. The molecule has 0 fully saturated rings. The number of benzene rings is 2. The van der Waals surface area contributed by atoms with E-state index in [1.807, 2.05) is 0 Å². The monoisotopic (exact) mass is 494 g/mol. The number of aromatic nitrogens is 3. The summed E-state index contributed by atoms with van der Waals surface area (Å²) in [6.07, 6.45) is -4.32. The number of aliphatic hydroxyl groups is 1. The van der Waals surface area contributed by atoms with E-state index in [-0.39, 0.29) is 12.3 Å². The zero-order valence-electron chi connectivity index (χ0n) is 16.6. The average molecular weight is 495 g/mol. The number of halogens is 5. The van der Waals surface area contributed by atoms with Crippen molar-refractivity contribution >= 4 is 29.0 Å². The van der Waals surface area contributed by atoms with E-state index in [0.717, 1.165) is 11.6 Å². The molecule has 170 valence electrons. The Kier molecular flexibility index (Phi) is 6.55. The lowest BCUT2D eigenvalue weighted by molar-refractivity contribution is -0.137. The van der Waals surface area contributed by atoms with E-state index in [1.165, 1.54) is 24.5 Å². The predicted octanol–water partition coefficient (Wildman–Crippen LogP) is 6.27. The highest BCUT2D eigenvalue weighted by Gasteiger charge is 2.33. The molecular formula is C22H15Cl2F3N4O2. The molecule has 1 atom stereocenters. The Morgan fingerprint density at radius 2 is 1.67 bits per heavy atom. The van der Waals surface area contributed by atoms with Gasteiger partial charge in [0.2, 0.25) is 0 Å². The Labute approximate surface area is 196 Å². The van der Waals surface area contributed by atoms with Gasteiger partial charge in [0.1, 0.15) is 23.9 Å². The van der Waals surface area contributed by atoms with E-state index in [4.69, 9.17) is 27.7 Å². The summed E-state index contributed by atoms with van der Waals surface area (Å²) in [7, 11) is 0. The number of alkyl halides is 3. The maximum absolute atomic E-state index is 12.9. The van der Waals surface area contributed by atoms with Gasteiger partial charge in [-0.25, -0.2) is 9.97 Å². The first kappa shape index (κ1) is 23.0. The van der Waals surface area contributed by atoms with Crippen molar-refractivity contribution in [1.29, 1.82) is 0 Å². The molecule has 0 bridgehead atoms. The molecule has 2 aromatic heterocycles. The van der Waals surface area contributed by atoms with Gasteiger partial charge in [0.25, 0.3) is 0 Å². The van der Waals surface area contributed by atoms with Crippen LogP contribution < -0.4 is 5.32 Å². The highest BCUT2D eigenvalue weighted by Crippen LogP contribution is 2.36. The van der Waals surface area contributed by atoms with Crippen LogP contribution in [0.3, 0.4) is 0 Å². The molecule has 33 heavy (non-hydrogen) atoms. The summed E-state index contributed by atoms with van der Waals surface area (Å²) in [4.78, 5) is 8.15. The fourth-order valence-electron chi connectivity index (χ4n) is 3.02. The third-order valence-electron chi connectivity index (χ3n) is 4.71. The first-order valence-corrected chi connectivity index (χ1v) is 10.3. The van der Waals surface area contributed by atoms with Gasteiger partial charge in [-0.1, -0.05) is 46.6 Å². The van der Waals surface area contributed by atoms with Crippen LogP contribution in [0.2, 0.25) is 10.0 Å². The number of nitrogens with zero attached hydrogens (tertiary/aromatic N) is 3. The molecule has 0 spiro atoms. The predicted molar refractivity (Wildman–Crippen MR) is 118 cm³/mol. The van der Waals surface area contributed by atoms with Crippen LogP contribution in [-0.4, -0.2) is 26.8 Å². The van der Waals surface area contributed by atoms with E-state index in [9.17, 15) is 18.3 Å². The molecular weight excluding hydrogens is 480 g/mol. The standard InChI is InChI=1S/C22H15Cl2F3N4O2/c23-14-4-1-12(2-5-14)18-8-20(33-31-18)19(32)10-28-21-9-17(29-11-30-21)13-3-6-15(16(24)7-13)22(25,26)27/h1-9,11,19,32H,10H2,(H,28,29,30). The molecule has 0 radical (unpaired) electrons. The van der Waals surface area contributed by atoms with E-state index in [0.29, 0.717) is 27.8 Å². The zero-order valence-corrected chi connectivity index (χ0v) is 18.2. The van der Waals surface area contributed by atoms with Crippen molar-refractivity contribution in [3.05, 3.63) is 82.3 Å². The topological polar surface area (TPSA) is 84.1 Å². The van der Waals surface area contributed by atoms with Crippen molar-refractivity contribution in [3.8, 4) is 22.5 Å². The number of hydrogen-bond donors (Lipinski definition) is 2. The largest absolute Gasteiger partial charge is 0.417 e. The first-order valence-electron chi connectivity index (χ1n) is 9.54. The smallest absolute Gasteiger partial charge is 0.383 e. The number of hydrogen-bond acceptors (Lipinski definition) is 6. The fraction of sp³-hybridized carbons (Fsp3) is 0.136. The summed E-state index contributed by atoms with van der Waals surface area (Å²) in [5.41, 5.74) is 1.16. The van der Waals surface area contributed by atoms with Crippen molar-refractivity contribution in [1.82, 2.24) is 15.1 Å². The maximum atomic E-state index is 12.9. The van der Waals surface area contributed by atoms with Gasteiger partial charge in [0.05, 0.1) is 16.3 Å². The Balaban J connectivity index is 1.44. The number of nitrogens with one attached hydrogen (secondary N) is 1.